The molecule has 1 rings (SSSR count). The van der Waals surface area contributed by atoms with Crippen molar-refractivity contribution in [1.82, 2.24) is 5.32 Å². The van der Waals surface area contributed by atoms with Crippen LogP contribution in [0.4, 0.5) is 0 Å². The summed E-state index contributed by atoms with van der Waals surface area (Å²) in [4.78, 5) is 19.3. The van der Waals surface area contributed by atoms with Crippen molar-refractivity contribution in [3.8, 4) is 0 Å². The number of aliphatic carboxylic acids is 2. The van der Waals surface area contributed by atoms with E-state index in [9.17, 15) is 9.59 Å². The Bertz CT molecular complexity index is 127. The van der Waals surface area contributed by atoms with Crippen molar-refractivity contribution < 1.29 is 19.8 Å². The normalized spacial score (nSPS) is 12.7. The monoisotopic (exact) mass is 161 g/mol. The number of hydrogen-bond acceptors (Lipinski definition) is 3. The molecule has 0 atom stereocenters. The summed E-state index contributed by atoms with van der Waals surface area (Å²) in [5.41, 5.74) is 0. The lowest BCUT2D eigenvalue weighted by molar-refractivity contribution is -0.143. The van der Waals surface area contributed by atoms with Crippen molar-refractivity contribution in [1.29, 1.82) is 0 Å². The summed E-state index contributed by atoms with van der Waals surface area (Å²) in [5, 5.41) is 18.8. The molecule has 1 aliphatic rings. The topological polar surface area (TPSA) is 96.5 Å². The van der Waals surface area contributed by atoms with E-state index >= 15 is 0 Å². The Kier molecular flexibility index (Phi) is 5.10. The van der Waals surface area contributed by atoms with Gasteiger partial charge in [-0.2, -0.15) is 0 Å². The first kappa shape index (κ1) is 9.90. The van der Waals surface area contributed by atoms with E-state index in [0.717, 1.165) is 0 Å². The summed E-state index contributed by atoms with van der Waals surface area (Å²) in [6.07, 6.45) is -0.593. The summed E-state index contributed by atoms with van der Waals surface area (Å²) in [7, 11) is 0. The largest absolute Gasteiger partial charge is 0.481 e. The summed E-state index contributed by atoms with van der Waals surface area (Å²) in [5.74, 6) is -2.15. The quantitative estimate of drug-likeness (QED) is 0.486. The molecule has 1 aliphatic heterocycles. The van der Waals surface area contributed by atoms with Crippen molar-refractivity contribution in [3.05, 3.63) is 0 Å². The van der Waals surface area contributed by atoms with Crippen molar-refractivity contribution in [2.45, 2.75) is 12.8 Å². The molecule has 0 unspecified atom stereocenters. The second-order valence-electron chi connectivity index (χ2n) is 2.04. The van der Waals surface area contributed by atoms with Gasteiger partial charge in [-0.3, -0.25) is 9.59 Å². The maximum atomic E-state index is 9.64. The van der Waals surface area contributed by atoms with E-state index in [2.05, 4.69) is 5.32 Å². The van der Waals surface area contributed by atoms with Gasteiger partial charge >= 0.3 is 11.9 Å². The van der Waals surface area contributed by atoms with Crippen molar-refractivity contribution in [3.63, 3.8) is 0 Å². The lowest BCUT2D eigenvalue weighted by Crippen LogP contribution is -2.00. The maximum Gasteiger partial charge on any atom is 0.303 e. The number of carbonyl (C=O) groups is 2. The van der Waals surface area contributed by atoms with Gasteiger partial charge < -0.3 is 15.5 Å². The van der Waals surface area contributed by atoms with Crippen molar-refractivity contribution >= 4 is 11.9 Å². The molecule has 1 saturated heterocycles. The average molecular weight is 161 g/mol. The van der Waals surface area contributed by atoms with E-state index in [-0.39, 0.29) is 12.8 Å². The molecule has 1 heterocycles. The zero-order valence-electron chi connectivity index (χ0n) is 6.04. The third-order valence-corrected chi connectivity index (χ3v) is 0.803. The molecule has 11 heavy (non-hydrogen) atoms. The van der Waals surface area contributed by atoms with E-state index < -0.39 is 11.9 Å². The van der Waals surface area contributed by atoms with Gasteiger partial charge in [-0.1, -0.05) is 0 Å². The van der Waals surface area contributed by atoms with E-state index in [1.807, 2.05) is 0 Å². The van der Waals surface area contributed by atoms with Gasteiger partial charge in [0.05, 0.1) is 12.8 Å². The average Bonchev–Trinajstić information content (AvgIpc) is 2.67. The zero-order valence-corrected chi connectivity index (χ0v) is 6.04. The Morgan fingerprint density at radius 3 is 1.45 bits per heavy atom. The molecule has 0 saturated carbocycles. The molecule has 64 valence electrons. The molecule has 3 N–H and O–H groups in total. The predicted molar refractivity (Wildman–Crippen MR) is 37.4 cm³/mol. The van der Waals surface area contributed by atoms with Crippen molar-refractivity contribution in [2.75, 3.05) is 13.1 Å². The van der Waals surface area contributed by atoms with E-state index in [1.54, 1.807) is 0 Å². The first-order valence-electron chi connectivity index (χ1n) is 3.27. The second-order valence-corrected chi connectivity index (χ2v) is 2.04. The van der Waals surface area contributed by atoms with Crippen LogP contribution in [-0.4, -0.2) is 35.2 Å². The summed E-state index contributed by atoms with van der Waals surface area (Å²) in [6.45, 7) is 2.50. The lowest BCUT2D eigenvalue weighted by atomic mass is 10.3. The third-order valence-electron chi connectivity index (χ3n) is 0.803. The highest BCUT2D eigenvalue weighted by atomic mass is 16.4. The molecule has 5 nitrogen and oxygen atoms in total. The lowest BCUT2D eigenvalue weighted by Gasteiger charge is -1.85. The number of nitrogens with one attached hydrogen (secondary N) is 1. The van der Waals surface area contributed by atoms with Crippen LogP contribution >= 0.6 is 0 Å². The minimum atomic E-state index is -1.08. The van der Waals surface area contributed by atoms with Gasteiger partial charge in [0.2, 0.25) is 0 Å². The van der Waals surface area contributed by atoms with Crippen LogP contribution in [0.15, 0.2) is 0 Å². The Morgan fingerprint density at radius 2 is 1.36 bits per heavy atom. The van der Waals surface area contributed by atoms with Crippen LogP contribution in [0.2, 0.25) is 0 Å². The predicted octanol–water partition coefficient (Wildman–Crippen LogP) is -0.475. The Hall–Kier alpha value is -1.10. The second kappa shape index (κ2) is 5.67. The summed E-state index contributed by atoms with van der Waals surface area (Å²) < 4.78 is 0. The standard InChI is InChI=1S/C4H6O4.C2H5N/c5-3(6)1-2-4(7)8;1-2-3-1/h1-2H2,(H,5,6)(H,7,8);3H,1-2H2. The van der Waals surface area contributed by atoms with Crippen LogP contribution in [0.25, 0.3) is 0 Å². The maximum absolute atomic E-state index is 9.64. The highest BCUT2D eigenvalue weighted by molar-refractivity contribution is 5.75. The molecule has 0 amide bonds. The fraction of sp³-hybridized carbons (Fsp3) is 0.667. The molecule has 0 aromatic carbocycles. The van der Waals surface area contributed by atoms with Crippen LogP contribution in [0.5, 0.6) is 0 Å². The van der Waals surface area contributed by atoms with Gasteiger partial charge in [0, 0.05) is 13.1 Å². The molecule has 1 fully saturated rings. The molecular formula is C6H11NO4. The minimum absolute atomic E-state index is 0.296. The molecule has 0 aliphatic carbocycles. The Labute approximate surface area is 64.0 Å². The molecule has 5 heteroatoms. The minimum Gasteiger partial charge on any atom is -0.481 e. The highest BCUT2D eigenvalue weighted by Gasteiger charge is 2.00. The fourth-order valence-corrected chi connectivity index (χ4v) is 0.214. The van der Waals surface area contributed by atoms with Gasteiger partial charge in [-0.05, 0) is 0 Å². The molecule has 0 bridgehead atoms. The molecule has 0 aromatic rings. The van der Waals surface area contributed by atoms with Crippen LogP contribution in [0.1, 0.15) is 12.8 Å². The fourth-order valence-electron chi connectivity index (χ4n) is 0.214. The van der Waals surface area contributed by atoms with Crippen LogP contribution in [0, 0.1) is 0 Å². The Morgan fingerprint density at radius 1 is 1.09 bits per heavy atom. The SMILES string of the molecule is C1CN1.O=C(O)CCC(=O)O. The smallest absolute Gasteiger partial charge is 0.303 e. The molecule has 0 radical (unpaired) electrons. The zero-order chi connectivity index (χ0) is 8.69. The van der Waals surface area contributed by atoms with E-state index in [4.69, 9.17) is 10.2 Å². The first-order valence-corrected chi connectivity index (χ1v) is 3.27. The number of hydrogen-bond donors (Lipinski definition) is 3. The van der Waals surface area contributed by atoms with Crippen LogP contribution in [0.3, 0.4) is 0 Å². The van der Waals surface area contributed by atoms with Gasteiger partial charge in [0.1, 0.15) is 0 Å². The summed E-state index contributed by atoms with van der Waals surface area (Å²) in [6, 6.07) is 0. The van der Waals surface area contributed by atoms with Gasteiger partial charge in [0.25, 0.3) is 0 Å². The van der Waals surface area contributed by atoms with Gasteiger partial charge in [-0.15, -0.1) is 0 Å². The number of carboxylic acids is 2. The summed E-state index contributed by atoms with van der Waals surface area (Å²) >= 11 is 0. The van der Waals surface area contributed by atoms with Crippen LogP contribution < -0.4 is 5.32 Å². The number of carboxylic acid groups (broad SMARTS) is 2. The molecular weight excluding hydrogens is 150 g/mol. The molecule has 0 spiro atoms. The third kappa shape index (κ3) is 17.6. The van der Waals surface area contributed by atoms with Gasteiger partial charge in [0.15, 0.2) is 0 Å². The van der Waals surface area contributed by atoms with Crippen LogP contribution in [-0.2, 0) is 9.59 Å². The van der Waals surface area contributed by atoms with E-state index in [1.165, 1.54) is 13.1 Å². The van der Waals surface area contributed by atoms with Crippen molar-refractivity contribution in [2.24, 2.45) is 0 Å². The Balaban J connectivity index is 0.000000271. The van der Waals surface area contributed by atoms with Gasteiger partial charge in [-0.25, -0.2) is 0 Å². The molecule has 0 aromatic heterocycles. The highest BCUT2D eigenvalue weighted by Crippen LogP contribution is 1.86. The van der Waals surface area contributed by atoms with E-state index in [0.29, 0.717) is 0 Å². The number of rotatable bonds is 3. The first-order chi connectivity index (χ1) is 5.13.